The lowest BCUT2D eigenvalue weighted by Crippen LogP contribution is -2.26. The molecule has 0 spiro atoms. The predicted octanol–water partition coefficient (Wildman–Crippen LogP) is 3.61. The van der Waals surface area contributed by atoms with Crippen LogP contribution in [0.3, 0.4) is 0 Å². The summed E-state index contributed by atoms with van der Waals surface area (Å²) < 4.78 is 10.5. The first-order valence-corrected chi connectivity index (χ1v) is 9.84. The van der Waals surface area contributed by atoms with Gasteiger partial charge in [0.25, 0.3) is 0 Å². The van der Waals surface area contributed by atoms with Crippen molar-refractivity contribution in [3.05, 3.63) is 58.9 Å². The molecule has 28 heavy (non-hydrogen) atoms. The second-order valence-electron chi connectivity index (χ2n) is 7.20. The lowest BCUT2D eigenvalue weighted by molar-refractivity contribution is 0.268. The van der Waals surface area contributed by atoms with E-state index in [4.69, 9.17) is 19.2 Å². The van der Waals surface area contributed by atoms with Crippen LogP contribution in [0.5, 0.6) is 5.75 Å². The summed E-state index contributed by atoms with van der Waals surface area (Å²) in [6.45, 7) is 6.75. The molecule has 0 N–H and O–H groups in total. The van der Waals surface area contributed by atoms with Crippen molar-refractivity contribution in [3.8, 4) is 17.0 Å². The number of fused-ring (bicyclic) bond motifs is 1. The molecule has 3 aromatic rings. The highest BCUT2D eigenvalue weighted by molar-refractivity contribution is 5.65. The molecular weight excluding hydrogens is 352 g/mol. The molecule has 1 aliphatic heterocycles. The van der Waals surface area contributed by atoms with Crippen LogP contribution in [0, 0.1) is 6.92 Å². The third kappa shape index (κ3) is 3.92. The monoisotopic (exact) mass is 378 g/mol. The van der Waals surface area contributed by atoms with E-state index < -0.39 is 0 Å². The van der Waals surface area contributed by atoms with Gasteiger partial charge in [-0.05, 0) is 37.6 Å². The molecule has 4 rings (SSSR count). The van der Waals surface area contributed by atoms with Gasteiger partial charge in [0.1, 0.15) is 17.3 Å². The average molecular weight is 378 g/mol. The van der Waals surface area contributed by atoms with E-state index >= 15 is 0 Å². The highest BCUT2D eigenvalue weighted by atomic mass is 16.5. The van der Waals surface area contributed by atoms with Crippen molar-refractivity contribution in [1.29, 1.82) is 0 Å². The van der Waals surface area contributed by atoms with Gasteiger partial charge < -0.3 is 9.26 Å². The number of hydrogen-bond donors (Lipinski definition) is 0. The lowest BCUT2D eigenvalue weighted by Gasteiger charge is -2.17. The molecular formula is C22H26N4O2. The van der Waals surface area contributed by atoms with Crippen molar-refractivity contribution < 1.29 is 9.26 Å². The van der Waals surface area contributed by atoms with Crippen LogP contribution in [0.4, 0.5) is 0 Å². The highest BCUT2D eigenvalue weighted by Gasteiger charge is 2.21. The number of methoxy groups -OCH3 is 1. The maximum atomic E-state index is 5.30. The summed E-state index contributed by atoms with van der Waals surface area (Å²) >= 11 is 0. The Labute approximate surface area is 165 Å². The van der Waals surface area contributed by atoms with Gasteiger partial charge in [0.2, 0.25) is 0 Å². The van der Waals surface area contributed by atoms with E-state index in [0.717, 1.165) is 73.2 Å². The van der Waals surface area contributed by atoms with Crippen LogP contribution in [-0.4, -0.2) is 40.2 Å². The fraction of sp³-hybridized carbons (Fsp3) is 0.409. The van der Waals surface area contributed by atoms with E-state index in [0.29, 0.717) is 0 Å². The van der Waals surface area contributed by atoms with Crippen LogP contribution < -0.4 is 4.74 Å². The first-order chi connectivity index (χ1) is 13.7. The molecule has 3 heterocycles. The molecule has 0 fully saturated rings. The topological polar surface area (TPSA) is 64.3 Å². The summed E-state index contributed by atoms with van der Waals surface area (Å²) in [5, 5.41) is 4.14. The Morgan fingerprint density at radius 3 is 2.57 bits per heavy atom. The smallest absolute Gasteiger partial charge is 0.133 e. The summed E-state index contributed by atoms with van der Waals surface area (Å²) in [5.74, 6) is 2.62. The van der Waals surface area contributed by atoms with Gasteiger partial charge in [0.05, 0.1) is 18.5 Å². The van der Waals surface area contributed by atoms with Gasteiger partial charge in [-0.25, -0.2) is 9.97 Å². The van der Waals surface area contributed by atoms with Crippen LogP contribution in [0.15, 0.2) is 34.9 Å². The molecule has 0 bridgehead atoms. The summed E-state index contributed by atoms with van der Waals surface area (Å²) in [7, 11) is 1.69. The number of aryl methyl sites for hydroxylation is 2. The minimum atomic E-state index is 0.803. The number of benzene rings is 1. The highest BCUT2D eigenvalue weighted by Crippen LogP contribution is 2.28. The normalized spacial score (nSPS) is 14.5. The molecule has 0 unspecified atom stereocenters. The fourth-order valence-corrected chi connectivity index (χ4v) is 3.72. The molecule has 1 aliphatic rings. The largest absolute Gasteiger partial charge is 0.497 e. The number of rotatable bonds is 5. The average Bonchev–Trinajstić information content (AvgIpc) is 3.03. The minimum Gasteiger partial charge on any atom is -0.497 e. The SMILES string of the molecule is CCc1nc2c(c(-c3ccc(OC)cc3)n1)CCN(Cc1cc(C)on1)CC2. The quantitative estimate of drug-likeness (QED) is 0.676. The molecule has 0 saturated heterocycles. The number of ether oxygens (including phenoxy) is 1. The van der Waals surface area contributed by atoms with Gasteiger partial charge in [-0.3, -0.25) is 4.90 Å². The van der Waals surface area contributed by atoms with Gasteiger partial charge in [-0.2, -0.15) is 0 Å². The second-order valence-corrected chi connectivity index (χ2v) is 7.20. The Kier molecular flexibility index (Phi) is 5.39. The Hall–Kier alpha value is -2.73. The lowest BCUT2D eigenvalue weighted by atomic mass is 10.0. The number of nitrogens with zero attached hydrogens (tertiary/aromatic N) is 4. The van der Waals surface area contributed by atoms with Crippen molar-refractivity contribution in [2.75, 3.05) is 20.2 Å². The molecule has 6 heteroatoms. The van der Waals surface area contributed by atoms with Crippen LogP contribution in [-0.2, 0) is 25.8 Å². The van der Waals surface area contributed by atoms with Crippen LogP contribution in [0.1, 0.15) is 35.5 Å². The fourth-order valence-electron chi connectivity index (χ4n) is 3.72. The Bertz CT molecular complexity index is 950. The molecule has 146 valence electrons. The molecule has 2 aromatic heterocycles. The van der Waals surface area contributed by atoms with Crippen molar-refractivity contribution >= 4 is 0 Å². The molecule has 0 atom stereocenters. The number of hydrogen-bond acceptors (Lipinski definition) is 6. The Morgan fingerprint density at radius 2 is 1.89 bits per heavy atom. The first kappa shape index (κ1) is 18.6. The van der Waals surface area contributed by atoms with E-state index in [1.807, 2.05) is 25.1 Å². The third-order valence-electron chi connectivity index (χ3n) is 5.22. The van der Waals surface area contributed by atoms with E-state index in [9.17, 15) is 0 Å². The zero-order chi connectivity index (χ0) is 19.5. The standard InChI is InChI=1S/C22H26N4O2/c1-4-21-23-20-10-12-26(14-17-13-15(2)28-25-17)11-9-19(20)22(24-21)16-5-7-18(27-3)8-6-16/h5-8,13H,4,9-12,14H2,1-3H3. The third-order valence-corrected chi connectivity index (χ3v) is 5.22. The predicted molar refractivity (Wildman–Crippen MR) is 107 cm³/mol. The molecule has 1 aromatic carbocycles. The second kappa shape index (κ2) is 8.10. The first-order valence-electron chi connectivity index (χ1n) is 9.84. The maximum absolute atomic E-state index is 5.30. The van der Waals surface area contributed by atoms with Crippen LogP contribution in [0.2, 0.25) is 0 Å². The zero-order valence-electron chi connectivity index (χ0n) is 16.7. The Balaban J connectivity index is 1.62. The summed E-state index contributed by atoms with van der Waals surface area (Å²) in [6.07, 6.45) is 2.68. The zero-order valence-corrected chi connectivity index (χ0v) is 16.7. The van der Waals surface area contributed by atoms with Gasteiger partial charge in [-0.1, -0.05) is 12.1 Å². The summed E-state index contributed by atoms with van der Waals surface area (Å²) in [4.78, 5) is 12.2. The van der Waals surface area contributed by atoms with Crippen LogP contribution >= 0.6 is 0 Å². The van der Waals surface area contributed by atoms with Crippen molar-refractivity contribution in [3.63, 3.8) is 0 Å². The molecule has 6 nitrogen and oxygen atoms in total. The minimum absolute atomic E-state index is 0.803. The summed E-state index contributed by atoms with van der Waals surface area (Å²) in [6, 6.07) is 10.2. The van der Waals surface area contributed by atoms with Gasteiger partial charge >= 0.3 is 0 Å². The van der Waals surface area contributed by atoms with Crippen molar-refractivity contribution in [2.24, 2.45) is 0 Å². The van der Waals surface area contributed by atoms with Crippen LogP contribution in [0.25, 0.3) is 11.3 Å². The van der Waals surface area contributed by atoms with Gasteiger partial charge in [0.15, 0.2) is 0 Å². The summed E-state index contributed by atoms with van der Waals surface area (Å²) in [5.41, 5.74) is 5.61. The van der Waals surface area contributed by atoms with E-state index in [2.05, 4.69) is 29.1 Å². The van der Waals surface area contributed by atoms with E-state index in [1.54, 1.807) is 7.11 Å². The van der Waals surface area contributed by atoms with Gasteiger partial charge in [0, 0.05) is 55.4 Å². The number of aromatic nitrogens is 3. The maximum Gasteiger partial charge on any atom is 0.133 e. The van der Waals surface area contributed by atoms with E-state index in [1.165, 1.54) is 11.3 Å². The van der Waals surface area contributed by atoms with Crippen molar-refractivity contribution in [2.45, 2.75) is 39.7 Å². The molecule has 0 saturated carbocycles. The molecule has 0 aliphatic carbocycles. The van der Waals surface area contributed by atoms with E-state index in [-0.39, 0.29) is 0 Å². The van der Waals surface area contributed by atoms with Gasteiger partial charge in [-0.15, -0.1) is 0 Å². The Morgan fingerprint density at radius 1 is 1.11 bits per heavy atom. The molecule has 0 amide bonds. The van der Waals surface area contributed by atoms with Crippen molar-refractivity contribution in [1.82, 2.24) is 20.0 Å². The molecule has 0 radical (unpaired) electrons.